The van der Waals surface area contributed by atoms with Crippen LogP contribution in [0.25, 0.3) is 0 Å². The molecule has 0 unspecified atom stereocenters. The van der Waals surface area contributed by atoms with Crippen LogP contribution in [0, 0.1) is 0 Å². The lowest BCUT2D eigenvalue weighted by atomic mass is 10.1. The molecule has 0 atom stereocenters. The summed E-state index contributed by atoms with van der Waals surface area (Å²) in [6, 6.07) is 17.1. The van der Waals surface area contributed by atoms with E-state index in [1.807, 2.05) is 6.07 Å². The molecule has 0 bridgehead atoms. The molecule has 1 heterocycles. The smallest absolute Gasteiger partial charge is 0.0317 e. The quantitative estimate of drug-likeness (QED) is 0.661. The molecule has 0 fully saturated rings. The number of fused-ring (bicyclic) bond motifs is 1. The Morgan fingerprint density at radius 3 is 2.55 bits per heavy atom. The first-order valence-corrected chi connectivity index (χ1v) is 7.45. The van der Waals surface area contributed by atoms with Crippen molar-refractivity contribution in [2.24, 2.45) is 0 Å². The SMILES string of the molecule is Nc1ccc2c(c1)CN(CCCCc1ccccc1)C2. The monoisotopic (exact) mass is 266 g/mol. The molecule has 104 valence electrons. The second-order valence-corrected chi connectivity index (χ2v) is 5.68. The molecule has 0 spiro atoms. The van der Waals surface area contributed by atoms with Gasteiger partial charge in [-0.1, -0.05) is 36.4 Å². The third-order valence-corrected chi connectivity index (χ3v) is 4.05. The van der Waals surface area contributed by atoms with Crippen LogP contribution in [-0.2, 0) is 19.5 Å². The summed E-state index contributed by atoms with van der Waals surface area (Å²) < 4.78 is 0. The summed E-state index contributed by atoms with van der Waals surface area (Å²) >= 11 is 0. The van der Waals surface area contributed by atoms with E-state index >= 15 is 0 Å². The van der Waals surface area contributed by atoms with Crippen molar-refractivity contribution in [3.05, 3.63) is 65.2 Å². The van der Waals surface area contributed by atoms with Gasteiger partial charge < -0.3 is 5.73 Å². The maximum Gasteiger partial charge on any atom is 0.0317 e. The molecule has 2 heteroatoms. The number of aryl methyl sites for hydroxylation is 1. The summed E-state index contributed by atoms with van der Waals surface area (Å²) in [5, 5.41) is 0. The molecule has 0 aromatic heterocycles. The summed E-state index contributed by atoms with van der Waals surface area (Å²) in [7, 11) is 0. The fraction of sp³-hybridized carbons (Fsp3) is 0.333. The molecule has 2 nitrogen and oxygen atoms in total. The van der Waals surface area contributed by atoms with Gasteiger partial charge in [0.2, 0.25) is 0 Å². The summed E-state index contributed by atoms with van der Waals surface area (Å²) in [4.78, 5) is 2.52. The predicted molar refractivity (Wildman–Crippen MR) is 84.3 cm³/mol. The molecule has 1 aliphatic heterocycles. The Labute approximate surface area is 121 Å². The highest BCUT2D eigenvalue weighted by Gasteiger charge is 2.17. The van der Waals surface area contributed by atoms with Crippen molar-refractivity contribution in [3.63, 3.8) is 0 Å². The Hall–Kier alpha value is -1.80. The Kier molecular flexibility index (Phi) is 4.03. The van der Waals surface area contributed by atoms with Gasteiger partial charge >= 0.3 is 0 Å². The lowest BCUT2D eigenvalue weighted by Crippen LogP contribution is -2.17. The van der Waals surface area contributed by atoms with Crippen molar-refractivity contribution in [2.75, 3.05) is 12.3 Å². The van der Waals surface area contributed by atoms with Crippen LogP contribution in [0.3, 0.4) is 0 Å². The Bertz CT molecular complexity index is 563. The number of rotatable bonds is 5. The average Bonchev–Trinajstić information content (AvgIpc) is 2.86. The summed E-state index contributed by atoms with van der Waals surface area (Å²) in [6.45, 7) is 3.33. The van der Waals surface area contributed by atoms with Crippen molar-refractivity contribution in [2.45, 2.75) is 32.4 Å². The molecule has 0 saturated heterocycles. The second kappa shape index (κ2) is 6.10. The van der Waals surface area contributed by atoms with E-state index in [1.165, 1.54) is 42.5 Å². The number of hydrogen-bond acceptors (Lipinski definition) is 2. The van der Waals surface area contributed by atoms with Crippen molar-refractivity contribution < 1.29 is 0 Å². The Morgan fingerprint density at radius 1 is 0.900 bits per heavy atom. The van der Waals surface area contributed by atoms with Crippen molar-refractivity contribution in [3.8, 4) is 0 Å². The zero-order valence-corrected chi connectivity index (χ0v) is 11.9. The van der Waals surface area contributed by atoms with Gasteiger partial charge in [0.1, 0.15) is 0 Å². The van der Waals surface area contributed by atoms with Crippen molar-refractivity contribution in [1.29, 1.82) is 0 Å². The molecule has 0 aliphatic carbocycles. The van der Waals surface area contributed by atoms with Crippen molar-refractivity contribution in [1.82, 2.24) is 4.90 Å². The molecule has 3 rings (SSSR count). The van der Waals surface area contributed by atoms with Gasteiger partial charge in [0.05, 0.1) is 0 Å². The zero-order valence-electron chi connectivity index (χ0n) is 11.9. The molecule has 0 amide bonds. The van der Waals surface area contributed by atoms with Gasteiger partial charge in [-0.05, 0) is 54.6 Å². The van der Waals surface area contributed by atoms with Gasteiger partial charge in [-0.3, -0.25) is 4.90 Å². The molecular weight excluding hydrogens is 244 g/mol. The minimum Gasteiger partial charge on any atom is -0.399 e. The van der Waals surface area contributed by atoms with Crippen LogP contribution < -0.4 is 5.73 Å². The minimum atomic E-state index is 0.884. The maximum absolute atomic E-state index is 5.84. The molecule has 2 aromatic rings. The number of nitrogens with zero attached hydrogens (tertiary/aromatic N) is 1. The van der Waals surface area contributed by atoms with E-state index < -0.39 is 0 Å². The molecule has 0 saturated carbocycles. The molecule has 1 aliphatic rings. The first-order valence-electron chi connectivity index (χ1n) is 7.45. The first-order chi connectivity index (χ1) is 9.81. The fourth-order valence-corrected chi connectivity index (χ4v) is 2.95. The van der Waals surface area contributed by atoms with E-state index in [0.717, 1.165) is 18.8 Å². The third kappa shape index (κ3) is 3.20. The summed E-state index contributed by atoms with van der Waals surface area (Å²) in [5.41, 5.74) is 11.0. The highest BCUT2D eigenvalue weighted by atomic mass is 15.1. The standard InChI is InChI=1S/C18H22N2/c19-18-10-9-16-13-20(14-17(16)12-18)11-5-4-8-15-6-2-1-3-7-15/h1-3,6-7,9-10,12H,4-5,8,11,13-14,19H2. The molecule has 0 radical (unpaired) electrons. The first kappa shape index (κ1) is 13.2. The van der Waals surface area contributed by atoms with Gasteiger partial charge in [-0.15, -0.1) is 0 Å². The highest BCUT2D eigenvalue weighted by molar-refractivity contribution is 5.46. The fourth-order valence-electron chi connectivity index (χ4n) is 2.95. The maximum atomic E-state index is 5.84. The lowest BCUT2D eigenvalue weighted by Gasteiger charge is -2.14. The largest absolute Gasteiger partial charge is 0.399 e. The minimum absolute atomic E-state index is 0.884. The van der Waals surface area contributed by atoms with Crippen LogP contribution in [0.1, 0.15) is 29.5 Å². The van der Waals surface area contributed by atoms with Gasteiger partial charge in [0.25, 0.3) is 0 Å². The predicted octanol–water partition coefficient (Wildman–Crippen LogP) is 3.61. The van der Waals surface area contributed by atoms with Crippen LogP contribution in [0.5, 0.6) is 0 Å². The molecular formula is C18H22N2. The van der Waals surface area contributed by atoms with Gasteiger partial charge in [0.15, 0.2) is 0 Å². The second-order valence-electron chi connectivity index (χ2n) is 5.68. The Balaban J connectivity index is 1.43. The van der Waals surface area contributed by atoms with Gasteiger partial charge in [-0.2, -0.15) is 0 Å². The number of anilines is 1. The molecule has 2 aromatic carbocycles. The van der Waals surface area contributed by atoms with E-state index in [9.17, 15) is 0 Å². The van der Waals surface area contributed by atoms with Crippen LogP contribution in [0.15, 0.2) is 48.5 Å². The number of hydrogen-bond donors (Lipinski definition) is 1. The number of benzene rings is 2. The number of unbranched alkanes of at least 4 members (excludes halogenated alkanes) is 1. The number of nitrogens with two attached hydrogens (primary N) is 1. The van der Waals surface area contributed by atoms with Crippen LogP contribution in [-0.4, -0.2) is 11.4 Å². The van der Waals surface area contributed by atoms with Gasteiger partial charge in [-0.25, -0.2) is 0 Å². The molecule has 2 N–H and O–H groups in total. The third-order valence-electron chi connectivity index (χ3n) is 4.05. The zero-order chi connectivity index (χ0) is 13.8. The molecule has 20 heavy (non-hydrogen) atoms. The van der Waals surface area contributed by atoms with E-state index in [0.29, 0.717) is 0 Å². The van der Waals surface area contributed by atoms with Crippen LogP contribution in [0.4, 0.5) is 5.69 Å². The van der Waals surface area contributed by atoms with E-state index in [1.54, 1.807) is 0 Å². The van der Waals surface area contributed by atoms with E-state index in [-0.39, 0.29) is 0 Å². The van der Waals surface area contributed by atoms with Crippen LogP contribution in [0.2, 0.25) is 0 Å². The van der Waals surface area contributed by atoms with E-state index in [2.05, 4.69) is 47.4 Å². The van der Waals surface area contributed by atoms with E-state index in [4.69, 9.17) is 5.73 Å². The normalized spacial score (nSPS) is 14.4. The summed E-state index contributed by atoms with van der Waals surface area (Å²) in [6.07, 6.45) is 3.71. The Morgan fingerprint density at radius 2 is 1.70 bits per heavy atom. The van der Waals surface area contributed by atoms with Gasteiger partial charge in [0, 0.05) is 18.8 Å². The summed E-state index contributed by atoms with van der Waals surface area (Å²) in [5.74, 6) is 0. The van der Waals surface area contributed by atoms with Crippen molar-refractivity contribution >= 4 is 5.69 Å². The van der Waals surface area contributed by atoms with Crippen LogP contribution >= 0.6 is 0 Å². The highest BCUT2D eigenvalue weighted by Crippen LogP contribution is 2.24. The topological polar surface area (TPSA) is 29.3 Å². The lowest BCUT2D eigenvalue weighted by molar-refractivity contribution is 0.278. The number of nitrogen functional groups attached to an aromatic ring is 1. The average molecular weight is 266 g/mol.